The third kappa shape index (κ3) is 2.20. The summed E-state index contributed by atoms with van der Waals surface area (Å²) in [5.74, 6) is 0.820. The molecule has 1 aromatic carbocycles. The monoisotopic (exact) mass is 222 g/mol. The Morgan fingerprint density at radius 3 is 2.53 bits per heavy atom. The molecule has 2 rings (SSSR count). The number of hydrogen-bond acceptors (Lipinski definition) is 0. The van der Waals surface area contributed by atoms with Crippen LogP contribution in [0.25, 0.3) is 0 Å². The van der Waals surface area contributed by atoms with E-state index >= 15 is 0 Å². The summed E-state index contributed by atoms with van der Waals surface area (Å²) in [6, 6.07) is 6.74. The Morgan fingerprint density at radius 1 is 1.27 bits per heavy atom. The highest BCUT2D eigenvalue weighted by Gasteiger charge is 2.36. The van der Waals surface area contributed by atoms with E-state index in [1.54, 1.807) is 0 Å². The highest BCUT2D eigenvalue weighted by molar-refractivity contribution is 6.18. The lowest BCUT2D eigenvalue weighted by atomic mass is 9.66. The van der Waals surface area contributed by atoms with E-state index in [2.05, 4.69) is 32.0 Å². The van der Waals surface area contributed by atoms with Crippen molar-refractivity contribution in [2.45, 2.75) is 39.5 Å². The topological polar surface area (TPSA) is 0 Å². The first-order valence-corrected chi connectivity index (χ1v) is 6.31. The SMILES string of the molecule is Cc1ccc(C)c(CC2(CCl)CCC2)c1. The molecular formula is C14H19Cl. The minimum absolute atomic E-state index is 0.417. The van der Waals surface area contributed by atoms with Crippen molar-refractivity contribution in [3.63, 3.8) is 0 Å². The Kier molecular flexibility index (Phi) is 3.06. The van der Waals surface area contributed by atoms with Crippen LogP contribution in [-0.2, 0) is 6.42 Å². The second-order valence-corrected chi connectivity index (χ2v) is 5.36. The van der Waals surface area contributed by atoms with Gasteiger partial charge in [-0.3, -0.25) is 0 Å². The van der Waals surface area contributed by atoms with E-state index in [4.69, 9.17) is 11.6 Å². The van der Waals surface area contributed by atoms with Crippen LogP contribution < -0.4 is 0 Å². The van der Waals surface area contributed by atoms with Gasteiger partial charge in [0.1, 0.15) is 0 Å². The van der Waals surface area contributed by atoms with Crippen LogP contribution in [0.5, 0.6) is 0 Å². The molecule has 1 aliphatic carbocycles. The first kappa shape index (κ1) is 11.0. The first-order chi connectivity index (χ1) is 7.15. The molecule has 1 heteroatoms. The Hall–Kier alpha value is -0.490. The van der Waals surface area contributed by atoms with Gasteiger partial charge in [-0.25, -0.2) is 0 Å². The van der Waals surface area contributed by atoms with Gasteiger partial charge >= 0.3 is 0 Å². The molecule has 0 saturated heterocycles. The average molecular weight is 223 g/mol. The van der Waals surface area contributed by atoms with Crippen LogP contribution in [0.2, 0.25) is 0 Å². The predicted octanol–water partition coefficient (Wildman–Crippen LogP) is 4.26. The van der Waals surface area contributed by atoms with E-state index in [0.29, 0.717) is 5.41 Å². The maximum absolute atomic E-state index is 6.10. The van der Waals surface area contributed by atoms with Crippen molar-refractivity contribution in [3.8, 4) is 0 Å². The number of alkyl halides is 1. The van der Waals surface area contributed by atoms with Crippen molar-refractivity contribution in [1.29, 1.82) is 0 Å². The molecule has 1 saturated carbocycles. The minimum Gasteiger partial charge on any atom is -0.126 e. The molecule has 0 heterocycles. The summed E-state index contributed by atoms with van der Waals surface area (Å²) in [5.41, 5.74) is 4.69. The minimum atomic E-state index is 0.417. The molecule has 0 spiro atoms. The standard InChI is InChI=1S/C14H19Cl/c1-11-4-5-12(2)13(8-11)9-14(10-15)6-3-7-14/h4-5,8H,3,6-7,9-10H2,1-2H3. The number of aryl methyl sites for hydroxylation is 2. The van der Waals surface area contributed by atoms with Crippen LogP contribution in [0, 0.1) is 19.3 Å². The lowest BCUT2D eigenvalue weighted by Gasteiger charge is -2.41. The molecule has 82 valence electrons. The zero-order valence-electron chi connectivity index (χ0n) is 9.65. The molecule has 0 atom stereocenters. The summed E-state index contributed by atoms with van der Waals surface area (Å²) in [4.78, 5) is 0. The van der Waals surface area contributed by atoms with Crippen LogP contribution >= 0.6 is 11.6 Å². The van der Waals surface area contributed by atoms with Crippen molar-refractivity contribution in [2.75, 3.05) is 5.88 Å². The smallest absolute Gasteiger partial charge is 0.0283 e. The zero-order valence-corrected chi connectivity index (χ0v) is 10.4. The Morgan fingerprint density at radius 2 is 2.00 bits per heavy atom. The van der Waals surface area contributed by atoms with Crippen molar-refractivity contribution in [2.24, 2.45) is 5.41 Å². The molecule has 0 radical (unpaired) electrons. The van der Waals surface area contributed by atoms with E-state index in [1.807, 2.05) is 0 Å². The van der Waals surface area contributed by atoms with E-state index in [1.165, 1.54) is 42.4 Å². The zero-order chi connectivity index (χ0) is 10.9. The number of rotatable bonds is 3. The fourth-order valence-electron chi connectivity index (χ4n) is 2.43. The molecule has 0 bridgehead atoms. The lowest BCUT2D eigenvalue weighted by Crippen LogP contribution is -2.33. The average Bonchev–Trinajstić information content (AvgIpc) is 2.17. The van der Waals surface area contributed by atoms with E-state index in [9.17, 15) is 0 Å². The summed E-state index contributed by atoms with van der Waals surface area (Å²) in [6.45, 7) is 4.37. The fraction of sp³-hybridized carbons (Fsp3) is 0.571. The first-order valence-electron chi connectivity index (χ1n) is 5.77. The molecule has 0 aliphatic heterocycles. The van der Waals surface area contributed by atoms with Crippen LogP contribution in [0.1, 0.15) is 36.0 Å². The fourth-order valence-corrected chi connectivity index (χ4v) is 2.79. The van der Waals surface area contributed by atoms with Crippen LogP contribution in [-0.4, -0.2) is 5.88 Å². The van der Waals surface area contributed by atoms with Crippen molar-refractivity contribution < 1.29 is 0 Å². The predicted molar refractivity (Wildman–Crippen MR) is 66.6 cm³/mol. The second kappa shape index (κ2) is 4.17. The molecule has 0 aromatic heterocycles. The molecule has 1 fully saturated rings. The van der Waals surface area contributed by atoms with Gasteiger partial charge in [0.15, 0.2) is 0 Å². The summed E-state index contributed by atoms with van der Waals surface area (Å²) in [5, 5.41) is 0. The molecule has 0 unspecified atom stereocenters. The van der Waals surface area contributed by atoms with Gasteiger partial charge in [-0.05, 0) is 49.7 Å². The molecule has 0 amide bonds. The van der Waals surface area contributed by atoms with E-state index in [-0.39, 0.29) is 0 Å². The molecular weight excluding hydrogens is 204 g/mol. The Bertz CT molecular complexity index is 345. The van der Waals surface area contributed by atoms with Crippen LogP contribution in [0.3, 0.4) is 0 Å². The van der Waals surface area contributed by atoms with E-state index in [0.717, 1.165) is 5.88 Å². The maximum atomic E-state index is 6.10. The Balaban J connectivity index is 2.19. The van der Waals surface area contributed by atoms with Gasteiger partial charge < -0.3 is 0 Å². The quantitative estimate of drug-likeness (QED) is 0.671. The highest BCUT2D eigenvalue weighted by atomic mass is 35.5. The van der Waals surface area contributed by atoms with Gasteiger partial charge in [0, 0.05) is 5.88 Å². The molecule has 0 N–H and O–H groups in total. The van der Waals surface area contributed by atoms with Gasteiger partial charge in [0.25, 0.3) is 0 Å². The number of halogens is 1. The maximum Gasteiger partial charge on any atom is 0.0283 e. The van der Waals surface area contributed by atoms with Gasteiger partial charge in [-0.2, -0.15) is 0 Å². The van der Waals surface area contributed by atoms with Gasteiger partial charge in [-0.15, -0.1) is 11.6 Å². The summed E-state index contributed by atoms with van der Waals surface area (Å²) in [6.07, 6.45) is 5.15. The van der Waals surface area contributed by atoms with Crippen molar-refractivity contribution >= 4 is 11.6 Å². The summed E-state index contributed by atoms with van der Waals surface area (Å²) in [7, 11) is 0. The largest absolute Gasteiger partial charge is 0.126 e. The Labute approximate surface area is 97.6 Å². The molecule has 15 heavy (non-hydrogen) atoms. The molecule has 1 aromatic rings. The number of benzene rings is 1. The second-order valence-electron chi connectivity index (χ2n) is 5.09. The lowest BCUT2D eigenvalue weighted by molar-refractivity contribution is 0.166. The van der Waals surface area contributed by atoms with Gasteiger partial charge in [0.2, 0.25) is 0 Å². The van der Waals surface area contributed by atoms with Crippen LogP contribution in [0.4, 0.5) is 0 Å². The van der Waals surface area contributed by atoms with Gasteiger partial charge in [0.05, 0.1) is 0 Å². The molecule has 1 aliphatic rings. The van der Waals surface area contributed by atoms with Crippen molar-refractivity contribution in [1.82, 2.24) is 0 Å². The summed E-state index contributed by atoms with van der Waals surface area (Å²) < 4.78 is 0. The third-order valence-corrected chi connectivity index (χ3v) is 4.33. The van der Waals surface area contributed by atoms with E-state index < -0.39 is 0 Å². The van der Waals surface area contributed by atoms with Gasteiger partial charge in [-0.1, -0.05) is 30.2 Å². The normalized spacial score (nSPS) is 18.6. The van der Waals surface area contributed by atoms with Crippen LogP contribution in [0.15, 0.2) is 18.2 Å². The highest BCUT2D eigenvalue weighted by Crippen LogP contribution is 2.45. The summed E-state index contributed by atoms with van der Waals surface area (Å²) >= 11 is 6.10. The number of hydrogen-bond donors (Lipinski definition) is 0. The third-order valence-electron chi connectivity index (χ3n) is 3.77. The molecule has 0 nitrogen and oxygen atoms in total. The van der Waals surface area contributed by atoms with Crippen molar-refractivity contribution in [3.05, 3.63) is 34.9 Å².